The highest BCUT2D eigenvalue weighted by Crippen LogP contribution is 2.42. The molecule has 2 aliphatic carbocycles. The fraction of sp³-hybridized carbons (Fsp3) is 0.611. The van der Waals surface area contributed by atoms with Crippen LogP contribution < -0.4 is 10.5 Å². The second-order valence-electron chi connectivity index (χ2n) is 6.74. The molecule has 0 amide bonds. The number of rotatable bonds is 5. The lowest BCUT2D eigenvalue weighted by molar-refractivity contribution is 0.407. The van der Waals surface area contributed by atoms with Gasteiger partial charge in [-0.25, -0.2) is 0 Å². The minimum absolute atomic E-state index is 0. The molecule has 2 fully saturated rings. The van der Waals surface area contributed by atoms with E-state index >= 15 is 0 Å². The predicted molar refractivity (Wildman–Crippen MR) is 106 cm³/mol. The molecule has 0 heterocycles. The smallest absolute Gasteiger partial charge is 0.191 e. The average Bonchev–Trinajstić information content (AvgIpc) is 3.30. The van der Waals surface area contributed by atoms with Gasteiger partial charge in [-0.05, 0) is 43.4 Å². The van der Waals surface area contributed by atoms with Gasteiger partial charge in [0.1, 0.15) is 5.75 Å². The molecule has 2 aliphatic rings. The Morgan fingerprint density at radius 1 is 1.35 bits per heavy atom. The number of benzene rings is 1. The van der Waals surface area contributed by atoms with Crippen molar-refractivity contribution in [3.05, 3.63) is 29.8 Å². The van der Waals surface area contributed by atoms with Crippen molar-refractivity contribution >= 4 is 29.9 Å². The molecule has 2 N–H and O–H groups in total. The number of halogens is 1. The van der Waals surface area contributed by atoms with E-state index in [9.17, 15) is 0 Å². The first-order valence-electron chi connectivity index (χ1n) is 8.32. The Morgan fingerprint density at radius 2 is 2.04 bits per heavy atom. The third-order valence-corrected chi connectivity index (χ3v) is 5.24. The zero-order chi connectivity index (χ0) is 15.6. The van der Waals surface area contributed by atoms with Crippen molar-refractivity contribution in [1.82, 2.24) is 4.90 Å². The number of ether oxygens (including phenoxy) is 1. The molecule has 4 nitrogen and oxygen atoms in total. The number of nitrogens with two attached hydrogens (primary N) is 1. The molecule has 0 unspecified atom stereocenters. The Balaban J connectivity index is 0.00000192. The Kier molecular flexibility index (Phi) is 6.17. The maximum Gasteiger partial charge on any atom is 0.191 e. The van der Waals surface area contributed by atoms with Crippen molar-refractivity contribution in [1.29, 1.82) is 0 Å². The lowest BCUT2D eigenvalue weighted by Gasteiger charge is -2.29. The van der Waals surface area contributed by atoms with E-state index in [1.165, 1.54) is 44.1 Å². The molecule has 0 aromatic heterocycles. The van der Waals surface area contributed by atoms with Crippen LogP contribution in [0.15, 0.2) is 29.3 Å². The summed E-state index contributed by atoms with van der Waals surface area (Å²) in [7, 11) is 3.78. The summed E-state index contributed by atoms with van der Waals surface area (Å²) in [5.41, 5.74) is 7.65. The quantitative estimate of drug-likeness (QED) is 0.443. The van der Waals surface area contributed by atoms with Crippen molar-refractivity contribution in [2.24, 2.45) is 10.7 Å². The summed E-state index contributed by atoms with van der Waals surface area (Å²) in [6, 6.07) is 9.08. The van der Waals surface area contributed by atoms with Crippen LogP contribution in [0.4, 0.5) is 0 Å². The van der Waals surface area contributed by atoms with Crippen molar-refractivity contribution in [3.8, 4) is 5.75 Å². The summed E-state index contributed by atoms with van der Waals surface area (Å²) < 4.78 is 5.39. The van der Waals surface area contributed by atoms with E-state index in [2.05, 4.69) is 30.1 Å². The first kappa shape index (κ1) is 18.4. The van der Waals surface area contributed by atoms with Gasteiger partial charge >= 0.3 is 0 Å². The van der Waals surface area contributed by atoms with E-state index in [-0.39, 0.29) is 29.4 Å². The first-order valence-corrected chi connectivity index (χ1v) is 8.32. The van der Waals surface area contributed by atoms with Crippen LogP contribution in [0.25, 0.3) is 0 Å². The molecule has 2 saturated carbocycles. The van der Waals surface area contributed by atoms with E-state index in [0.717, 1.165) is 12.3 Å². The van der Waals surface area contributed by atoms with Gasteiger partial charge < -0.3 is 15.4 Å². The zero-order valence-electron chi connectivity index (χ0n) is 14.1. The van der Waals surface area contributed by atoms with Crippen LogP contribution >= 0.6 is 24.0 Å². The fourth-order valence-corrected chi connectivity index (χ4v) is 3.54. The highest BCUT2D eigenvalue weighted by Gasteiger charge is 2.36. The van der Waals surface area contributed by atoms with Crippen LogP contribution in [0, 0.1) is 0 Å². The summed E-state index contributed by atoms with van der Waals surface area (Å²) in [6.45, 7) is 0.781. The maximum atomic E-state index is 6.18. The normalized spacial score (nSPS) is 20.0. The van der Waals surface area contributed by atoms with Gasteiger partial charge in [-0.1, -0.05) is 25.0 Å². The van der Waals surface area contributed by atoms with Gasteiger partial charge in [-0.2, -0.15) is 0 Å². The number of nitrogens with zero attached hydrogens (tertiary/aromatic N) is 2. The lowest BCUT2D eigenvalue weighted by Crippen LogP contribution is -2.37. The van der Waals surface area contributed by atoms with Gasteiger partial charge in [0.2, 0.25) is 0 Å². The minimum Gasteiger partial charge on any atom is -0.497 e. The van der Waals surface area contributed by atoms with Crippen molar-refractivity contribution in [2.45, 2.75) is 50.0 Å². The Morgan fingerprint density at radius 3 is 2.65 bits per heavy atom. The van der Waals surface area contributed by atoms with Crippen LogP contribution in [-0.2, 0) is 5.41 Å². The molecular formula is C18H28IN3O. The highest BCUT2D eigenvalue weighted by molar-refractivity contribution is 14.0. The Hall–Kier alpha value is -0.980. The molecule has 23 heavy (non-hydrogen) atoms. The van der Waals surface area contributed by atoms with Crippen LogP contribution in [0.1, 0.15) is 44.1 Å². The van der Waals surface area contributed by atoms with E-state index in [1.807, 2.05) is 6.07 Å². The summed E-state index contributed by atoms with van der Waals surface area (Å²) in [6.07, 6.45) is 7.39. The zero-order valence-corrected chi connectivity index (χ0v) is 16.5. The number of hydrogen-bond acceptors (Lipinski definition) is 2. The van der Waals surface area contributed by atoms with Crippen molar-refractivity contribution < 1.29 is 4.74 Å². The maximum absolute atomic E-state index is 6.18. The molecule has 1 aromatic rings. The van der Waals surface area contributed by atoms with E-state index in [4.69, 9.17) is 15.5 Å². The molecule has 128 valence electrons. The molecule has 0 aliphatic heterocycles. The van der Waals surface area contributed by atoms with Crippen molar-refractivity contribution in [2.75, 3.05) is 20.7 Å². The van der Waals surface area contributed by atoms with Crippen LogP contribution in [0.5, 0.6) is 5.75 Å². The molecule has 1 aromatic carbocycles. The highest BCUT2D eigenvalue weighted by atomic mass is 127. The lowest BCUT2D eigenvalue weighted by atomic mass is 9.79. The molecule has 0 radical (unpaired) electrons. The van der Waals surface area contributed by atoms with Gasteiger partial charge in [-0.15, -0.1) is 24.0 Å². The molecule has 0 bridgehead atoms. The molecule has 0 saturated heterocycles. The summed E-state index contributed by atoms with van der Waals surface area (Å²) in [5, 5.41) is 0. The predicted octanol–water partition coefficient (Wildman–Crippen LogP) is 3.53. The van der Waals surface area contributed by atoms with E-state index in [0.29, 0.717) is 12.0 Å². The SMILES string of the molecule is COc1cccc(C2(CN=C(N)N(C)C3CC3)CCCC2)c1.I. The van der Waals surface area contributed by atoms with Crippen LogP contribution in [0.3, 0.4) is 0 Å². The number of methoxy groups -OCH3 is 1. The average molecular weight is 429 g/mol. The molecule has 0 spiro atoms. The van der Waals surface area contributed by atoms with Gasteiger partial charge in [-0.3, -0.25) is 4.99 Å². The van der Waals surface area contributed by atoms with E-state index in [1.54, 1.807) is 7.11 Å². The van der Waals surface area contributed by atoms with Gasteiger partial charge in [0.15, 0.2) is 5.96 Å². The van der Waals surface area contributed by atoms with Gasteiger partial charge in [0.25, 0.3) is 0 Å². The second kappa shape index (κ2) is 7.73. The van der Waals surface area contributed by atoms with Crippen LogP contribution in [-0.4, -0.2) is 37.6 Å². The number of hydrogen-bond donors (Lipinski definition) is 1. The minimum atomic E-state index is 0. The van der Waals surface area contributed by atoms with Crippen LogP contribution in [0.2, 0.25) is 0 Å². The van der Waals surface area contributed by atoms with Gasteiger partial charge in [0.05, 0.1) is 13.7 Å². The largest absolute Gasteiger partial charge is 0.497 e. The third kappa shape index (κ3) is 4.11. The second-order valence-corrected chi connectivity index (χ2v) is 6.74. The molecule has 0 atom stereocenters. The Labute approximate surface area is 156 Å². The number of guanidine groups is 1. The standard InChI is InChI=1S/C18H27N3O.HI/c1-21(15-8-9-15)17(19)20-13-18(10-3-4-11-18)14-6-5-7-16(12-14)22-2;/h5-7,12,15H,3-4,8-11,13H2,1-2H3,(H2,19,20);1H. The topological polar surface area (TPSA) is 50.9 Å². The van der Waals surface area contributed by atoms with Crippen molar-refractivity contribution in [3.63, 3.8) is 0 Å². The molecular weight excluding hydrogens is 401 g/mol. The summed E-state index contributed by atoms with van der Waals surface area (Å²) >= 11 is 0. The first-order chi connectivity index (χ1) is 10.6. The Bertz CT molecular complexity index is 551. The molecule has 3 rings (SSSR count). The third-order valence-electron chi connectivity index (χ3n) is 5.24. The van der Waals surface area contributed by atoms with E-state index < -0.39 is 0 Å². The molecule has 5 heteroatoms. The van der Waals surface area contributed by atoms with Gasteiger partial charge in [0, 0.05) is 18.5 Å². The number of aliphatic imine (C=N–C) groups is 1. The fourth-order valence-electron chi connectivity index (χ4n) is 3.54. The summed E-state index contributed by atoms with van der Waals surface area (Å²) in [5.74, 6) is 1.62. The monoisotopic (exact) mass is 429 g/mol. The summed E-state index contributed by atoms with van der Waals surface area (Å²) in [4.78, 5) is 6.88.